The molecule has 10 heteroatoms. The Hall–Kier alpha value is -0.580. The van der Waals surface area contributed by atoms with E-state index in [2.05, 4.69) is 9.47 Å². The second kappa shape index (κ2) is 10.2. The summed E-state index contributed by atoms with van der Waals surface area (Å²) in [6, 6.07) is 0. The minimum Gasteiger partial charge on any atom is -0.377 e. The Labute approximate surface area is 111 Å². The van der Waals surface area contributed by atoms with E-state index in [1.807, 2.05) is 0 Å². The largest absolute Gasteiger partial charge is 0.411 e. The van der Waals surface area contributed by atoms with E-state index in [0.717, 1.165) is 0 Å². The second-order valence-electron chi connectivity index (χ2n) is 3.56. The zero-order valence-electron chi connectivity index (χ0n) is 10.6. The van der Waals surface area contributed by atoms with Crippen molar-refractivity contribution < 1.29 is 45.3 Å². The van der Waals surface area contributed by atoms with E-state index in [4.69, 9.17) is 9.47 Å². The number of hydrogen-bond donors (Lipinski definition) is 0. The van der Waals surface area contributed by atoms with Crippen molar-refractivity contribution in [2.24, 2.45) is 0 Å². The predicted molar refractivity (Wildman–Crippen MR) is 55.4 cm³/mol. The van der Waals surface area contributed by atoms with Gasteiger partial charge in [0.25, 0.3) is 0 Å². The van der Waals surface area contributed by atoms with Crippen molar-refractivity contribution >= 4 is 0 Å². The highest BCUT2D eigenvalue weighted by Crippen LogP contribution is 2.14. The van der Waals surface area contributed by atoms with E-state index >= 15 is 0 Å². The SMILES string of the molecule is FC(F)(F)COCCOCCOCCOCC(F)(F)F. The molecule has 0 heterocycles. The van der Waals surface area contributed by atoms with Gasteiger partial charge in [-0.2, -0.15) is 26.3 Å². The Morgan fingerprint density at radius 3 is 0.950 bits per heavy atom. The first-order valence-electron chi connectivity index (χ1n) is 5.65. The highest BCUT2D eigenvalue weighted by molar-refractivity contribution is 4.46. The first-order chi connectivity index (χ1) is 9.21. The van der Waals surface area contributed by atoms with Crippen LogP contribution in [0.15, 0.2) is 0 Å². The van der Waals surface area contributed by atoms with Gasteiger partial charge in [-0.25, -0.2) is 0 Å². The molecule has 0 aliphatic heterocycles. The summed E-state index contributed by atoms with van der Waals surface area (Å²) in [5, 5.41) is 0. The number of hydrogen-bond acceptors (Lipinski definition) is 4. The predicted octanol–water partition coefficient (Wildman–Crippen LogP) is 2.18. The average molecular weight is 314 g/mol. The topological polar surface area (TPSA) is 36.9 Å². The fraction of sp³-hybridized carbons (Fsp3) is 1.00. The monoisotopic (exact) mass is 314 g/mol. The Bertz CT molecular complexity index is 207. The molecule has 0 saturated carbocycles. The lowest BCUT2D eigenvalue weighted by atomic mass is 10.6. The van der Waals surface area contributed by atoms with E-state index in [0.29, 0.717) is 0 Å². The Morgan fingerprint density at radius 2 is 0.700 bits per heavy atom. The maximum absolute atomic E-state index is 11.6. The molecule has 0 aromatic heterocycles. The Balaban J connectivity index is 3.10. The molecule has 0 aromatic rings. The maximum Gasteiger partial charge on any atom is 0.411 e. The third kappa shape index (κ3) is 17.4. The fourth-order valence-corrected chi connectivity index (χ4v) is 0.933. The van der Waals surface area contributed by atoms with Gasteiger partial charge >= 0.3 is 12.4 Å². The molecule has 0 saturated heterocycles. The van der Waals surface area contributed by atoms with Crippen molar-refractivity contribution in [2.75, 3.05) is 52.9 Å². The summed E-state index contributed by atoms with van der Waals surface area (Å²) in [4.78, 5) is 0. The number of ether oxygens (including phenoxy) is 4. The highest BCUT2D eigenvalue weighted by atomic mass is 19.4. The van der Waals surface area contributed by atoms with E-state index in [1.54, 1.807) is 0 Å². The van der Waals surface area contributed by atoms with Crippen molar-refractivity contribution in [3.63, 3.8) is 0 Å². The van der Waals surface area contributed by atoms with Gasteiger partial charge in [-0.05, 0) is 0 Å². The molecule has 0 fully saturated rings. The van der Waals surface area contributed by atoms with Crippen LogP contribution in [0.1, 0.15) is 0 Å². The molecule has 0 spiro atoms. The van der Waals surface area contributed by atoms with Crippen LogP contribution in [0, 0.1) is 0 Å². The highest BCUT2D eigenvalue weighted by Gasteiger charge is 2.27. The lowest BCUT2D eigenvalue weighted by molar-refractivity contribution is -0.178. The molecule has 20 heavy (non-hydrogen) atoms. The smallest absolute Gasteiger partial charge is 0.377 e. The van der Waals surface area contributed by atoms with Gasteiger partial charge in [0.05, 0.1) is 39.6 Å². The average Bonchev–Trinajstić information content (AvgIpc) is 2.27. The molecular weight excluding hydrogens is 298 g/mol. The van der Waals surface area contributed by atoms with Crippen LogP contribution in [-0.2, 0) is 18.9 Å². The van der Waals surface area contributed by atoms with Gasteiger partial charge in [-0.3, -0.25) is 0 Å². The van der Waals surface area contributed by atoms with E-state index in [9.17, 15) is 26.3 Å². The van der Waals surface area contributed by atoms with Gasteiger partial charge in [-0.15, -0.1) is 0 Å². The molecule has 0 aromatic carbocycles. The van der Waals surface area contributed by atoms with Crippen molar-refractivity contribution in [1.82, 2.24) is 0 Å². The standard InChI is InChI=1S/C10H16F6O4/c11-9(12,13)7-19-5-3-17-1-2-18-4-6-20-8-10(14,15)16/h1-8H2. The zero-order valence-corrected chi connectivity index (χ0v) is 10.6. The summed E-state index contributed by atoms with van der Waals surface area (Å²) in [7, 11) is 0. The summed E-state index contributed by atoms with van der Waals surface area (Å²) in [6.45, 7) is -2.90. The molecule has 0 radical (unpaired) electrons. The molecule has 0 aliphatic carbocycles. The molecule has 0 atom stereocenters. The summed E-state index contributed by atoms with van der Waals surface area (Å²) >= 11 is 0. The summed E-state index contributed by atoms with van der Waals surface area (Å²) in [5.41, 5.74) is 0. The van der Waals surface area contributed by atoms with Crippen LogP contribution in [0.5, 0.6) is 0 Å². The first kappa shape index (κ1) is 19.4. The quantitative estimate of drug-likeness (QED) is 0.433. The van der Waals surface area contributed by atoms with Crippen LogP contribution in [0.2, 0.25) is 0 Å². The molecule has 0 unspecified atom stereocenters. The molecular formula is C10H16F6O4. The van der Waals surface area contributed by atoms with Crippen molar-refractivity contribution in [1.29, 1.82) is 0 Å². The third-order valence-electron chi connectivity index (χ3n) is 1.65. The first-order valence-corrected chi connectivity index (χ1v) is 5.65. The van der Waals surface area contributed by atoms with E-state index < -0.39 is 25.6 Å². The Kier molecular flexibility index (Phi) is 9.90. The summed E-state index contributed by atoms with van der Waals surface area (Å²) in [5.74, 6) is 0. The fourth-order valence-electron chi connectivity index (χ4n) is 0.933. The molecule has 0 rings (SSSR count). The molecule has 0 N–H and O–H groups in total. The molecule has 0 aliphatic rings. The number of halogens is 6. The van der Waals surface area contributed by atoms with Gasteiger partial charge in [0.2, 0.25) is 0 Å². The van der Waals surface area contributed by atoms with Crippen LogP contribution in [0.4, 0.5) is 26.3 Å². The van der Waals surface area contributed by atoms with Crippen LogP contribution < -0.4 is 0 Å². The minimum atomic E-state index is -4.36. The van der Waals surface area contributed by atoms with Gasteiger partial charge in [-0.1, -0.05) is 0 Å². The van der Waals surface area contributed by atoms with Crippen LogP contribution in [0.3, 0.4) is 0 Å². The maximum atomic E-state index is 11.6. The van der Waals surface area contributed by atoms with E-state index in [1.165, 1.54) is 0 Å². The zero-order chi connectivity index (χ0) is 15.5. The Morgan fingerprint density at radius 1 is 0.450 bits per heavy atom. The van der Waals surface area contributed by atoms with Crippen LogP contribution >= 0.6 is 0 Å². The van der Waals surface area contributed by atoms with Crippen LogP contribution in [0.25, 0.3) is 0 Å². The number of rotatable bonds is 11. The minimum absolute atomic E-state index is 0.0238. The van der Waals surface area contributed by atoms with E-state index in [-0.39, 0.29) is 39.6 Å². The van der Waals surface area contributed by atoms with Gasteiger partial charge in [0.1, 0.15) is 13.2 Å². The van der Waals surface area contributed by atoms with Gasteiger partial charge in [0.15, 0.2) is 0 Å². The van der Waals surface area contributed by atoms with Gasteiger partial charge in [0, 0.05) is 0 Å². The summed E-state index contributed by atoms with van der Waals surface area (Å²) < 4.78 is 88.1. The van der Waals surface area contributed by atoms with Crippen molar-refractivity contribution in [3.8, 4) is 0 Å². The van der Waals surface area contributed by atoms with Crippen LogP contribution in [-0.4, -0.2) is 65.2 Å². The molecule has 0 bridgehead atoms. The molecule has 0 amide bonds. The number of alkyl halides is 6. The van der Waals surface area contributed by atoms with Gasteiger partial charge < -0.3 is 18.9 Å². The van der Waals surface area contributed by atoms with Crippen molar-refractivity contribution in [3.05, 3.63) is 0 Å². The normalized spacial score (nSPS) is 12.9. The third-order valence-corrected chi connectivity index (χ3v) is 1.65. The second-order valence-corrected chi connectivity index (χ2v) is 3.56. The molecule has 4 nitrogen and oxygen atoms in total. The lowest BCUT2D eigenvalue weighted by Crippen LogP contribution is -2.20. The lowest BCUT2D eigenvalue weighted by Gasteiger charge is -2.09. The molecule has 122 valence electrons. The summed E-state index contributed by atoms with van der Waals surface area (Å²) in [6.07, 6.45) is -8.72. The van der Waals surface area contributed by atoms with Crippen molar-refractivity contribution in [2.45, 2.75) is 12.4 Å².